The molecule has 0 aliphatic rings. The van der Waals surface area contributed by atoms with Crippen LogP contribution in [-0.4, -0.2) is 35.6 Å². The lowest BCUT2D eigenvalue weighted by Crippen LogP contribution is -2.24. The van der Waals surface area contributed by atoms with Crippen molar-refractivity contribution in [2.24, 2.45) is 0 Å². The first-order valence-corrected chi connectivity index (χ1v) is 5.14. The Morgan fingerprint density at radius 1 is 1.23 bits per heavy atom. The number of nitrogens with zero attached hydrogens (tertiary/aromatic N) is 1. The number of hydrogen-bond donors (Lipinski definition) is 1. The summed E-state index contributed by atoms with van der Waals surface area (Å²) in [6.45, 7) is 11.1. The van der Waals surface area contributed by atoms with Gasteiger partial charge in [-0.05, 0) is 26.1 Å². The molecule has 0 saturated carbocycles. The van der Waals surface area contributed by atoms with Crippen LogP contribution in [0.15, 0.2) is 0 Å². The van der Waals surface area contributed by atoms with Crippen LogP contribution in [0.2, 0.25) is 0 Å². The highest BCUT2D eigenvalue weighted by Crippen LogP contribution is 1.94. The zero-order chi connectivity index (χ0) is 10.7. The van der Waals surface area contributed by atoms with Crippen molar-refractivity contribution in [3.63, 3.8) is 0 Å². The van der Waals surface area contributed by atoms with Crippen LogP contribution >= 0.6 is 0 Å². The molecule has 0 rings (SSSR count). The number of aliphatic carboxylic acids is 1. The molecule has 0 fully saturated rings. The summed E-state index contributed by atoms with van der Waals surface area (Å²) >= 11 is 0. The minimum atomic E-state index is -0.697. The van der Waals surface area contributed by atoms with Crippen LogP contribution in [0.25, 0.3) is 0 Å². The summed E-state index contributed by atoms with van der Waals surface area (Å²) in [5, 5.41) is 8.35. The average Bonchev–Trinajstić information content (AvgIpc) is 2.15. The Kier molecular flexibility index (Phi) is 13.1. The Morgan fingerprint density at radius 2 is 1.69 bits per heavy atom. The van der Waals surface area contributed by atoms with Crippen LogP contribution in [0.1, 0.15) is 40.5 Å². The first kappa shape index (κ1) is 14.9. The Bertz CT molecular complexity index is 111. The maximum atomic E-state index is 10.1. The molecule has 0 bridgehead atoms. The van der Waals surface area contributed by atoms with Crippen LogP contribution in [-0.2, 0) is 4.79 Å². The molecule has 0 saturated heterocycles. The number of hydrogen-bond acceptors (Lipinski definition) is 2. The predicted molar refractivity (Wildman–Crippen MR) is 56.0 cm³/mol. The molecule has 13 heavy (non-hydrogen) atoms. The topological polar surface area (TPSA) is 40.5 Å². The SMILES string of the molecule is CC.CCN(CC)CCCC(=O)O. The monoisotopic (exact) mass is 189 g/mol. The predicted octanol–water partition coefficient (Wildman–Crippen LogP) is 2.22. The van der Waals surface area contributed by atoms with E-state index in [1.165, 1.54) is 0 Å². The molecule has 0 aromatic rings. The second-order valence-corrected chi connectivity index (χ2v) is 2.52. The van der Waals surface area contributed by atoms with Gasteiger partial charge in [0.25, 0.3) is 0 Å². The molecule has 1 N–H and O–H groups in total. The van der Waals surface area contributed by atoms with Crippen LogP contribution in [0.3, 0.4) is 0 Å². The number of rotatable bonds is 6. The zero-order valence-electron chi connectivity index (χ0n) is 9.34. The third-order valence-electron chi connectivity index (χ3n) is 1.76. The Labute approximate surface area is 81.7 Å². The van der Waals surface area contributed by atoms with Crippen LogP contribution in [0.4, 0.5) is 0 Å². The molecule has 0 aliphatic heterocycles. The maximum absolute atomic E-state index is 10.1. The highest BCUT2D eigenvalue weighted by Gasteiger charge is 2.00. The molecule has 3 nitrogen and oxygen atoms in total. The van der Waals surface area contributed by atoms with Gasteiger partial charge in [-0.3, -0.25) is 4.79 Å². The maximum Gasteiger partial charge on any atom is 0.303 e. The lowest BCUT2D eigenvalue weighted by atomic mass is 10.3. The molecule has 0 aromatic carbocycles. The summed E-state index contributed by atoms with van der Waals surface area (Å²) in [7, 11) is 0. The van der Waals surface area contributed by atoms with Gasteiger partial charge in [-0.25, -0.2) is 0 Å². The van der Waals surface area contributed by atoms with Gasteiger partial charge in [0.05, 0.1) is 0 Å². The van der Waals surface area contributed by atoms with E-state index in [4.69, 9.17) is 5.11 Å². The molecule has 0 radical (unpaired) electrons. The molecule has 0 heterocycles. The fraction of sp³-hybridized carbons (Fsp3) is 0.900. The Morgan fingerprint density at radius 3 is 2.00 bits per heavy atom. The molecule has 3 heteroatoms. The number of carboxylic acids is 1. The van der Waals surface area contributed by atoms with Crippen molar-refractivity contribution in [1.82, 2.24) is 4.90 Å². The van der Waals surface area contributed by atoms with E-state index in [2.05, 4.69) is 18.7 Å². The highest BCUT2D eigenvalue weighted by molar-refractivity contribution is 5.66. The first-order chi connectivity index (χ1) is 6.20. The van der Waals surface area contributed by atoms with E-state index in [0.717, 1.165) is 26.1 Å². The summed E-state index contributed by atoms with van der Waals surface area (Å²) in [5.74, 6) is -0.697. The van der Waals surface area contributed by atoms with Crippen molar-refractivity contribution in [3.05, 3.63) is 0 Å². The smallest absolute Gasteiger partial charge is 0.303 e. The van der Waals surface area contributed by atoms with Crippen molar-refractivity contribution in [3.8, 4) is 0 Å². The van der Waals surface area contributed by atoms with E-state index in [1.807, 2.05) is 13.8 Å². The summed E-state index contributed by atoms with van der Waals surface area (Å²) < 4.78 is 0. The van der Waals surface area contributed by atoms with E-state index in [1.54, 1.807) is 0 Å². The van der Waals surface area contributed by atoms with Gasteiger partial charge in [0.2, 0.25) is 0 Å². The van der Waals surface area contributed by atoms with Gasteiger partial charge in [0.1, 0.15) is 0 Å². The fourth-order valence-electron chi connectivity index (χ4n) is 0.994. The lowest BCUT2D eigenvalue weighted by Gasteiger charge is -2.16. The number of carboxylic acid groups (broad SMARTS) is 1. The van der Waals surface area contributed by atoms with Crippen molar-refractivity contribution in [2.45, 2.75) is 40.5 Å². The van der Waals surface area contributed by atoms with Crippen LogP contribution in [0, 0.1) is 0 Å². The lowest BCUT2D eigenvalue weighted by molar-refractivity contribution is -0.137. The minimum absolute atomic E-state index is 0.288. The fourth-order valence-corrected chi connectivity index (χ4v) is 0.994. The van der Waals surface area contributed by atoms with Gasteiger partial charge < -0.3 is 10.0 Å². The van der Waals surface area contributed by atoms with Crippen LogP contribution in [0.5, 0.6) is 0 Å². The molecule has 0 aromatic heterocycles. The van der Waals surface area contributed by atoms with Gasteiger partial charge in [0.15, 0.2) is 0 Å². The Hall–Kier alpha value is -0.570. The average molecular weight is 189 g/mol. The molecule has 80 valence electrons. The van der Waals surface area contributed by atoms with Gasteiger partial charge >= 0.3 is 5.97 Å². The van der Waals surface area contributed by atoms with Crippen molar-refractivity contribution >= 4 is 5.97 Å². The van der Waals surface area contributed by atoms with Crippen molar-refractivity contribution in [2.75, 3.05) is 19.6 Å². The van der Waals surface area contributed by atoms with Gasteiger partial charge in [0, 0.05) is 6.42 Å². The van der Waals surface area contributed by atoms with Crippen LogP contribution < -0.4 is 0 Å². The third kappa shape index (κ3) is 11.4. The molecule has 0 unspecified atom stereocenters. The molecule has 0 atom stereocenters. The first-order valence-electron chi connectivity index (χ1n) is 5.14. The highest BCUT2D eigenvalue weighted by atomic mass is 16.4. The summed E-state index contributed by atoms with van der Waals surface area (Å²) in [5.41, 5.74) is 0. The standard InChI is InChI=1S/C8H17NO2.C2H6/c1-3-9(4-2)7-5-6-8(10)11;1-2/h3-7H2,1-2H3,(H,10,11);1-2H3. The normalized spacial score (nSPS) is 9.31. The van der Waals surface area contributed by atoms with Crippen molar-refractivity contribution in [1.29, 1.82) is 0 Å². The van der Waals surface area contributed by atoms with Crippen molar-refractivity contribution < 1.29 is 9.90 Å². The van der Waals surface area contributed by atoms with E-state index in [0.29, 0.717) is 0 Å². The van der Waals surface area contributed by atoms with E-state index < -0.39 is 5.97 Å². The second kappa shape index (κ2) is 11.4. The van der Waals surface area contributed by atoms with E-state index in [9.17, 15) is 4.79 Å². The molecule has 0 spiro atoms. The quantitative estimate of drug-likeness (QED) is 0.696. The summed E-state index contributed by atoms with van der Waals surface area (Å²) in [6, 6.07) is 0. The third-order valence-corrected chi connectivity index (χ3v) is 1.76. The molecule has 0 aliphatic carbocycles. The van der Waals surface area contributed by atoms with E-state index in [-0.39, 0.29) is 6.42 Å². The van der Waals surface area contributed by atoms with Gasteiger partial charge in [-0.15, -0.1) is 0 Å². The van der Waals surface area contributed by atoms with E-state index >= 15 is 0 Å². The Balaban J connectivity index is 0. The summed E-state index contributed by atoms with van der Waals surface area (Å²) in [4.78, 5) is 12.4. The largest absolute Gasteiger partial charge is 0.481 e. The number of carbonyl (C=O) groups is 1. The zero-order valence-corrected chi connectivity index (χ0v) is 9.34. The van der Waals surface area contributed by atoms with Gasteiger partial charge in [-0.2, -0.15) is 0 Å². The minimum Gasteiger partial charge on any atom is -0.481 e. The molecule has 0 amide bonds. The molecular weight excluding hydrogens is 166 g/mol. The van der Waals surface area contributed by atoms with Gasteiger partial charge in [-0.1, -0.05) is 27.7 Å². The second-order valence-electron chi connectivity index (χ2n) is 2.52. The molecular formula is C10H23NO2. The summed E-state index contributed by atoms with van der Waals surface area (Å²) in [6.07, 6.45) is 1.05.